The second kappa shape index (κ2) is 6.53. The highest BCUT2D eigenvalue weighted by atomic mass is 19.1. The minimum Gasteiger partial charge on any atom is -0.466 e. The van der Waals surface area contributed by atoms with Crippen LogP contribution in [0.15, 0.2) is 30.0 Å². The van der Waals surface area contributed by atoms with E-state index in [2.05, 4.69) is 14.8 Å². The normalized spacial score (nSPS) is 10.8. The van der Waals surface area contributed by atoms with Gasteiger partial charge >= 0.3 is 11.9 Å². The number of hydrogen-bond donors (Lipinski definition) is 1. The molecule has 0 aliphatic rings. The Labute approximate surface area is 110 Å². The predicted octanol–water partition coefficient (Wildman–Crippen LogP) is 1.78. The summed E-state index contributed by atoms with van der Waals surface area (Å²) in [5, 5.41) is 2.65. The molecule has 1 rings (SSSR count). The van der Waals surface area contributed by atoms with Gasteiger partial charge in [-0.25, -0.2) is 14.0 Å². The molecule has 0 atom stereocenters. The largest absolute Gasteiger partial charge is 0.466 e. The topological polar surface area (TPSA) is 64.6 Å². The second-order valence-corrected chi connectivity index (χ2v) is 3.61. The molecule has 0 bridgehead atoms. The van der Waals surface area contributed by atoms with Gasteiger partial charge in [-0.3, -0.25) is 0 Å². The van der Waals surface area contributed by atoms with E-state index in [0.29, 0.717) is 11.3 Å². The van der Waals surface area contributed by atoms with Crippen molar-refractivity contribution < 1.29 is 23.5 Å². The standard InChI is InChI=1S/C13H14FNO4/c1-8-9(14)5-4-6-10(8)15-11(13(17)19-3)7-12(16)18-2/h4-7,15H,1-3H3/b11-7+. The van der Waals surface area contributed by atoms with Gasteiger partial charge in [0.05, 0.1) is 20.3 Å². The first kappa shape index (κ1) is 14.7. The number of nitrogens with one attached hydrogen (secondary N) is 1. The summed E-state index contributed by atoms with van der Waals surface area (Å²) in [7, 11) is 2.36. The fourth-order valence-electron chi connectivity index (χ4n) is 1.32. The van der Waals surface area contributed by atoms with Crippen LogP contribution < -0.4 is 5.32 Å². The van der Waals surface area contributed by atoms with E-state index in [1.54, 1.807) is 13.0 Å². The molecule has 0 saturated heterocycles. The molecule has 0 unspecified atom stereocenters. The van der Waals surface area contributed by atoms with Gasteiger partial charge in [-0.05, 0) is 19.1 Å². The molecule has 0 heterocycles. The lowest BCUT2D eigenvalue weighted by molar-refractivity contribution is -0.138. The minimum absolute atomic E-state index is 0.136. The molecule has 0 aliphatic carbocycles. The number of halogens is 1. The molecule has 102 valence electrons. The highest BCUT2D eigenvalue weighted by molar-refractivity contribution is 5.98. The van der Waals surface area contributed by atoms with Crippen molar-refractivity contribution in [2.24, 2.45) is 0 Å². The number of esters is 2. The van der Waals surface area contributed by atoms with Crippen LogP contribution in [0.5, 0.6) is 0 Å². The maximum absolute atomic E-state index is 13.4. The molecule has 0 amide bonds. The molecule has 1 N–H and O–H groups in total. The van der Waals surface area contributed by atoms with Gasteiger partial charge in [0.25, 0.3) is 0 Å². The fourth-order valence-corrected chi connectivity index (χ4v) is 1.32. The van der Waals surface area contributed by atoms with Gasteiger partial charge in [-0.1, -0.05) is 6.07 Å². The first-order valence-electron chi connectivity index (χ1n) is 5.39. The average Bonchev–Trinajstić information content (AvgIpc) is 2.41. The number of ether oxygens (including phenoxy) is 2. The van der Waals surface area contributed by atoms with Crippen LogP contribution in [0.4, 0.5) is 10.1 Å². The summed E-state index contributed by atoms with van der Waals surface area (Å²) in [5.74, 6) is -1.90. The van der Waals surface area contributed by atoms with E-state index in [9.17, 15) is 14.0 Å². The Morgan fingerprint density at radius 2 is 1.95 bits per heavy atom. The van der Waals surface area contributed by atoms with Crippen molar-refractivity contribution in [3.05, 3.63) is 41.4 Å². The number of methoxy groups -OCH3 is 2. The fraction of sp³-hybridized carbons (Fsp3) is 0.231. The lowest BCUT2D eigenvalue weighted by atomic mass is 10.2. The van der Waals surface area contributed by atoms with Gasteiger partial charge in [0.1, 0.15) is 11.5 Å². The highest BCUT2D eigenvalue weighted by Gasteiger charge is 2.14. The van der Waals surface area contributed by atoms with Crippen LogP contribution in [0.1, 0.15) is 5.56 Å². The zero-order valence-corrected chi connectivity index (χ0v) is 10.8. The van der Waals surface area contributed by atoms with Crippen molar-refractivity contribution >= 4 is 17.6 Å². The van der Waals surface area contributed by atoms with Crippen molar-refractivity contribution in [3.8, 4) is 0 Å². The number of carbonyl (C=O) groups is 2. The Bertz CT molecular complexity index is 525. The first-order valence-corrected chi connectivity index (χ1v) is 5.39. The molecule has 1 aromatic rings. The predicted molar refractivity (Wildman–Crippen MR) is 66.9 cm³/mol. The van der Waals surface area contributed by atoms with Crippen LogP contribution in [0.2, 0.25) is 0 Å². The number of anilines is 1. The summed E-state index contributed by atoms with van der Waals surface area (Å²) in [5.41, 5.74) is 0.547. The summed E-state index contributed by atoms with van der Waals surface area (Å²) in [6.07, 6.45) is 0.941. The van der Waals surface area contributed by atoms with E-state index in [4.69, 9.17) is 0 Å². The van der Waals surface area contributed by atoms with Gasteiger partial charge in [-0.15, -0.1) is 0 Å². The Morgan fingerprint density at radius 1 is 1.26 bits per heavy atom. The van der Waals surface area contributed by atoms with Gasteiger partial charge < -0.3 is 14.8 Å². The third kappa shape index (κ3) is 3.80. The number of benzene rings is 1. The van der Waals surface area contributed by atoms with Crippen molar-refractivity contribution in [1.29, 1.82) is 0 Å². The molecule has 0 aromatic heterocycles. The van der Waals surface area contributed by atoms with Crippen LogP contribution in [-0.4, -0.2) is 26.2 Å². The molecular weight excluding hydrogens is 253 g/mol. The van der Waals surface area contributed by atoms with Crippen LogP contribution >= 0.6 is 0 Å². The lowest BCUT2D eigenvalue weighted by Gasteiger charge is -2.11. The number of carbonyl (C=O) groups excluding carboxylic acids is 2. The van der Waals surface area contributed by atoms with E-state index in [0.717, 1.165) is 6.08 Å². The molecule has 0 aliphatic heterocycles. The third-order valence-corrected chi connectivity index (χ3v) is 2.41. The van der Waals surface area contributed by atoms with Crippen LogP contribution in [0.3, 0.4) is 0 Å². The second-order valence-electron chi connectivity index (χ2n) is 3.61. The molecule has 1 aromatic carbocycles. The SMILES string of the molecule is COC(=O)/C=C(/Nc1cccc(F)c1C)C(=O)OC. The molecule has 0 radical (unpaired) electrons. The Hall–Kier alpha value is -2.37. The number of rotatable bonds is 4. The van der Waals surface area contributed by atoms with Crippen LogP contribution in [0.25, 0.3) is 0 Å². The van der Waals surface area contributed by atoms with Crippen LogP contribution in [-0.2, 0) is 19.1 Å². The summed E-state index contributed by atoms with van der Waals surface area (Å²) in [4.78, 5) is 22.7. The number of hydrogen-bond acceptors (Lipinski definition) is 5. The highest BCUT2D eigenvalue weighted by Crippen LogP contribution is 2.19. The summed E-state index contributed by atoms with van der Waals surface area (Å²) >= 11 is 0. The van der Waals surface area contributed by atoms with Crippen molar-refractivity contribution in [1.82, 2.24) is 0 Å². The lowest BCUT2D eigenvalue weighted by Crippen LogP contribution is -2.16. The van der Waals surface area contributed by atoms with Gasteiger partial charge in [0.2, 0.25) is 0 Å². The molecule has 0 fully saturated rings. The Kier molecular flexibility index (Phi) is 5.05. The van der Waals surface area contributed by atoms with Crippen molar-refractivity contribution in [2.45, 2.75) is 6.92 Å². The maximum Gasteiger partial charge on any atom is 0.354 e. The zero-order valence-electron chi connectivity index (χ0n) is 10.8. The monoisotopic (exact) mass is 267 g/mol. The molecule has 0 saturated carbocycles. The van der Waals surface area contributed by atoms with E-state index >= 15 is 0 Å². The van der Waals surface area contributed by atoms with Gasteiger partial charge in [0.15, 0.2) is 0 Å². The van der Waals surface area contributed by atoms with E-state index in [1.807, 2.05) is 0 Å². The summed E-state index contributed by atoms with van der Waals surface area (Å²) in [6, 6.07) is 4.35. The van der Waals surface area contributed by atoms with Crippen molar-refractivity contribution in [2.75, 3.05) is 19.5 Å². The minimum atomic E-state index is -0.755. The zero-order chi connectivity index (χ0) is 14.4. The van der Waals surface area contributed by atoms with E-state index in [1.165, 1.54) is 26.4 Å². The van der Waals surface area contributed by atoms with E-state index in [-0.39, 0.29) is 5.70 Å². The molecule has 5 nitrogen and oxygen atoms in total. The summed E-state index contributed by atoms with van der Waals surface area (Å²) in [6.45, 7) is 1.55. The third-order valence-electron chi connectivity index (χ3n) is 2.41. The molecule has 19 heavy (non-hydrogen) atoms. The van der Waals surface area contributed by atoms with Crippen molar-refractivity contribution in [3.63, 3.8) is 0 Å². The maximum atomic E-state index is 13.4. The summed E-state index contributed by atoms with van der Waals surface area (Å²) < 4.78 is 22.3. The van der Waals surface area contributed by atoms with Crippen LogP contribution in [0, 0.1) is 12.7 Å². The molecule has 0 spiro atoms. The van der Waals surface area contributed by atoms with E-state index < -0.39 is 17.8 Å². The Morgan fingerprint density at radius 3 is 2.53 bits per heavy atom. The van der Waals surface area contributed by atoms with Gasteiger partial charge in [0, 0.05) is 11.3 Å². The first-order chi connectivity index (χ1) is 8.99. The molecule has 6 heteroatoms. The average molecular weight is 267 g/mol. The quantitative estimate of drug-likeness (QED) is 0.665. The smallest absolute Gasteiger partial charge is 0.354 e. The Balaban J connectivity index is 3.08. The molecular formula is C13H14FNO4. The van der Waals surface area contributed by atoms with Gasteiger partial charge in [-0.2, -0.15) is 0 Å².